The molecular weight excluding hydrogens is 298 g/mol. The molecule has 2 rings (SSSR count). The summed E-state index contributed by atoms with van der Waals surface area (Å²) in [6, 6.07) is 4.83. The minimum Gasteiger partial charge on any atom is -0.478 e. The van der Waals surface area contributed by atoms with E-state index in [1.807, 2.05) is 6.92 Å². The summed E-state index contributed by atoms with van der Waals surface area (Å²) in [5.74, 6) is -1.48. The highest BCUT2D eigenvalue weighted by atomic mass is 35.5. The number of carboxylic acid groups (broad SMARTS) is 1. The Hall–Kier alpha value is -1.85. The average Bonchev–Trinajstić information content (AvgIpc) is 2.72. The second kappa shape index (κ2) is 5.64. The predicted molar refractivity (Wildman–Crippen MR) is 80.2 cm³/mol. The van der Waals surface area contributed by atoms with E-state index in [0.29, 0.717) is 21.2 Å². The number of hydrogen-bond donors (Lipinski definition) is 2. The summed E-state index contributed by atoms with van der Waals surface area (Å²) in [5.41, 5.74) is 1.86. The second-order valence-corrected chi connectivity index (χ2v) is 5.58. The maximum Gasteiger partial charge on any atom is 0.337 e. The molecule has 0 aliphatic carbocycles. The zero-order chi connectivity index (χ0) is 14.9. The zero-order valence-corrected chi connectivity index (χ0v) is 12.4. The van der Waals surface area contributed by atoms with Gasteiger partial charge in [-0.25, -0.2) is 4.79 Å². The number of rotatable bonds is 3. The smallest absolute Gasteiger partial charge is 0.337 e. The first-order chi connectivity index (χ1) is 9.41. The molecule has 1 heterocycles. The van der Waals surface area contributed by atoms with E-state index in [9.17, 15) is 9.59 Å². The highest BCUT2D eigenvalue weighted by Crippen LogP contribution is 2.29. The van der Waals surface area contributed by atoms with Gasteiger partial charge in [0.25, 0.3) is 5.91 Å². The molecule has 0 saturated heterocycles. The number of para-hydroxylation sites is 1. The molecule has 0 radical (unpaired) electrons. The maximum absolute atomic E-state index is 12.2. The van der Waals surface area contributed by atoms with Crippen molar-refractivity contribution in [3.63, 3.8) is 0 Å². The molecule has 0 bridgehead atoms. The minimum atomic E-state index is -1.09. The molecule has 1 aromatic heterocycles. The monoisotopic (exact) mass is 309 g/mol. The number of aromatic carboxylic acids is 1. The largest absolute Gasteiger partial charge is 0.478 e. The number of halogens is 1. The van der Waals surface area contributed by atoms with Crippen molar-refractivity contribution in [2.75, 3.05) is 5.32 Å². The number of nitrogens with one attached hydrogen (secondary N) is 1. The van der Waals surface area contributed by atoms with Gasteiger partial charge >= 0.3 is 5.97 Å². The van der Waals surface area contributed by atoms with Gasteiger partial charge in [0.05, 0.1) is 16.3 Å². The van der Waals surface area contributed by atoms with E-state index < -0.39 is 11.9 Å². The molecule has 2 N–H and O–H groups in total. The van der Waals surface area contributed by atoms with Crippen LogP contribution >= 0.6 is 22.9 Å². The molecule has 0 spiro atoms. The van der Waals surface area contributed by atoms with Gasteiger partial charge in [-0.05, 0) is 36.4 Å². The molecule has 20 heavy (non-hydrogen) atoms. The number of aryl methyl sites for hydroxylation is 2. The fourth-order valence-corrected chi connectivity index (χ4v) is 2.94. The van der Waals surface area contributed by atoms with E-state index in [-0.39, 0.29) is 5.56 Å². The third-order valence-corrected chi connectivity index (χ3v) is 4.54. The molecule has 6 heteroatoms. The van der Waals surface area contributed by atoms with Crippen LogP contribution in [0.15, 0.2) is 23.6 Å². The third-order valence-electron chi connectivity index (χ3n) is 2.85. The van der Waals surface area contributed by atoms with Crippen molar-refractivity contribution in [1.82, 2.24) is 0 Å². The third kappa shape index (κ3) is 2.69. The molecule has 4 nitrogen and oxygen atoms in total. The van der Waals surface area contributed by atoms with Gasteiger partial charge in [-0.2, -0.15) is 0 Å². The maximum atomic E-state index is 12.2. The topological polar surface area (TPSA) is 66.4 Å². The molecular formula is C14H12ClNO3S. The van der Waals surface area contributed by atoms with Crippen LogP contribution in [-0.4, -0.2) is 17.0 Å². The molecule has 0 saturated carbocycles. The van der Waals surface area contributed by atoms with Crippen molar-refractivity contribution in [2.45, 2.75) is 13.8 Å². The molecule has 1 aromatic carbocycles. The molecule has 0 aliphatic heterocycles. The van der Waals surface area contributed by atoms with Gasteiger partial charge < -0.3 is 10.4 Å². The summed E-state index contributed by atoms with van der Waals surface area (Å²) < 4.78 is 0. The second-order valence-electron chi connectivity index (χ2n) is 4.32. The Morgan fingerprint density at radius 1 is 1.25 bits per heavy atom. The van der Waals surface area contributed by atoms with Gasteiger partial charge in [-0.3, -0.25) is 4.79 Å². The zero-order valence-electron chi connectivity index (χ0n) is 10.9. The van der Waals surface area contributed by atoms with E-state index in [1.165, 1.54) is 17.4 Å². The Labute approximate surface area is 125 Å². The van der Waals surface area contributed by atoms with Gasteiger partial charge in [0.2, 0.25) is 0 Å². The van der Waals surface area contributed by atoms with Crippen molar-refractivity contribution in [2.24, 2.45) is 0 Å². The molecule has 1 amide bonds. The van der Waals surface area contributed by atoms with Gasteiger partial charge in [-0.15, -0.1) is 11.3 Å². The lowest BCUT2D eigenvalue weighted by atomic mass is 10.1. The Morgan fingerprint density at radius 2 is 1.95 bits per heavy atom. The number of carboxylic acids is 1. The number of carbonyl (C=O) groups is 2. The highest BCUT2D eigenvalue weighted by molar-refractivity contribution is 7.13. The molecule has 104 valence electrons. The van der Waals surface area contributed by atoms with Crippen molar-refractivity contribution in [3.8, 4) is 0 Å². The quantitative estimate of drug-likeness (QED) is 0.901. The number of anilines is 1. The fourth-order valence-electron chi connectivity index (χ4n) is 1.77. The van der Waals surface area contributed by atoms with Crippen molar-refractivity contribution in [3.05, 3.63) is 50.2 Å². The summed E-state index contributed by atoms with van der Waals surface area (Å²) in [6.07, 6.45) is 0. The Kier molecular flexibility index (Phi) is 4.11. The molecule has 0 atom stereocenters. The number of carbonyl (C=O) groups excluding carboxylic acids is 1. The Balaban J connectivity index is 2.38. The lowest BCUT2D eigenvalue weighted by molar-refractivity contribution is 0.0698. The standard InChI is InChI=1S/C14H12ClNO3S/c1-7-4-3-5-9(14(18)19)11(7)16-13(17)12-10(15)8(2)6-20-12/h3-6H,1-2H3,(H,16,17)(H,18,19). The van der Waals surface area contributed by atoms with Crippen LogP contribution in [0.2, 0.25) is 5.02 Å². The van der Waals surface area contributed by atoms with Crippen LogP contribution in [0.4, 0.5) is 5.69 Å². The molecule has 0 fully saturated rings. The van der Waals surface area contributed by atoms with Crippen LogP contribution in [0.1, 0.15) is 31.2 Å². The number of thiophene rings is 1. The van der Waals surface area contributed by atoms with Gasteiger partial charge in [0, 0.05) is 0 Å². The Morgan fingerprint density at radius 3 is 2.50 bits per heavy atom. The molecule has 0 unspecified atom stereocenters. The summed E-state index contributed by atoms with van der Waals surface area (Å²) in [7, 11) is 0. The summed E-state index contributed by atoms with van der Waals surface area (Å²) in [4.78, 5) is 23.8. The van der Waals surface area contributed by atoms with Crippen LogP contribution in [0, 0.1) is 13.8 Å². The lowest BCUT2D eigenvalue weighted by Gasteiger charge is -2.11. The highest BCUT2D eigenvalue weighted by Gasteiger charge is 2.19. The van der Waals surface area contributed by atoms with E-state index in [0.717, 1.165) is 5.56 Å². The van der Waals surface area contributed by atoms with Crippen LogP contribution < -0.4 is 5.32 Å². The van der Waals surface area contributed by atoms with E-state index in [4.69, 9.17) is 16.7 Å². The average molecular weight is 310 g/mol. The van der Waals surface area contributed by atoms with Gasteiger partial charge in [0.1, 0.15) is 4.88 Å². The lowest BCUT2D eigenvalue weighted by Crippen LogP contribution is -2.15. The van der Waals surface area contributed by atoms with Gasteiger partial charge in [-0.1, -0.05) is 23.7 Å². The van der Waals surface area contributed by atoms with Crippen LogP contribution in [0.25, 0.3) is 0 Å². The number of benzene rings is 1. The summed E-state index contributed by atoms with van der Waals surface area (Å²) >= 11 is 7.28. The first kappa shape index (κ1) is 14.6. The van der Waals surface area contributed by atoms with E-state index in [1.54, 1.807) is 24.4 Å². The van der Waals surface area contributed by atoms with Crippen molar-refractivity contribution in [1.29, 1.82) is 0 Å². The Bertz CT molecular complexity index is 694. The minimum absolute atomic E-state index is 0.0581. The van der Waals surface area contributed by atoms with E-state index in [2.05, 4.69) is 5.32 Å². The summed E-state index contributed by atoms with van der Waals surface area (Å²) in [6.45, 7) is 3.55. The summed E-state index contributed by atoms with van der Waals surface area (Å²) in [5, 5.41) is 14.0. The number of hydrogen-bond acceptors (Lipinski definition) is 3. The normalized spacial score (nSPS) is 10.3. The predicted octanol–water partition coefficient (Wildman–Crippen LogP) is 3.97. The van der Waals surface area contributed by atoms with Crippen LogP contribution in [0.5, 0.6) is 0 Å². The van der Waals surface area contributed by atoms with Crippen LogP contribution in [-0.2, 0) is 0 Å². The SMILES string of the molecule is Cc1csc(C(=O)Nc2c(C)cccc2C(=O)O)c1Cl. The first-order valence-electron chi connectivity index (χ1n) is 5.79. The molecule has 2 aromatic rings. The first-order valence-corrected chi connectivity index (χ1v) is 7.05. The molecule has 0 aliphatic rings. The van der Waals surface area contributed by atoms with Gasteiger partial charge in [0.15, 0.2) is 0 Å². The fraction of sp³-hybridized carbons (Fsp3) is 0.143. The van der Waals surface area contributed by atoms with Crippen molar-refractivity contribution >= 4 is 40.5 Å². The van der Waals surface area contributed by atoms with Crippen LogP contribution in [0.3, 0.4) is 0 Å². The van der Waals surface area contributed by atoms with Crippen molar-refractivity contribution < 1.29 is 14.7 Å². The number of amides is 1. The van der Waals surface area contributed by atoms with E-state index >= 15 is 0 Å².